The fourth-order valence-corrected chi connectivity index (χ4v) is 3.88. The number of rotatable bonds is 5. The summed E-state index contributed by atoms with van der Waals surface area (Å²) in [6, 6.07) is 10.9. The number of nitro groups is 1. The number of sulfonamides is 1. The van der Waals surface area contributed by atoms with Crippen LogP contribution in [0.4, 0.5) is 11.4 Å². The molecule has 0 bridgehead atoms. The van der Waals surface area contributed by atoms with Gasteiger partial charge in [0.05, 0.1) is 9.82 Å². The van der Waals surface area contributed by atoms with Gasteiger partial charge in [0, 0.05) is 28.9 Å². The standard InChI is InChI=1S/C18H20N4O5S2/c1-18(2,3)21-29(26,27)15-10-6-13(7-11-15)19-17(28)20-16(23)12-4-8-14(9-5-12)22(24)25/h4-11,21H,1-3H3,(H2,19,20,23,28). The van der Waals surface area contributed by atoms with Gasteiger partial charge in [-0.1, -0.05) is 0 Å². The lowest BCUT2D eigenvalue weighted by Crippen LogP contribution is -2.40. The Labute approximate surface area is 173 Å². The molecule has 2 aromatic rings. The molecule has 0 saturated carbocycles. The average molecular weight is 437 g/mol. The first-order valence-corrected chi connectivity index (χ1v) is 10.3. The number of carbonyl (C=O) groups is 1. The first-order valence-electron chi connectivity index (χ1n) is 8.38. The van der Waals surface area contributed by atoms with Crippen LogP contribution in [-0.2, 0) is 10.0 Å². The molecule has 154 valence electrons. The van der Waals surface area contributed by atoms with Crippen LogP contribution in [-0.4, -0.2) is 29.9 Å². The van der Waals surface area contributed by atoms with E-state index in [1.807, 2.05) is 0 Å². The quantitative estimate of drug-likeness (QED) is 0.373. The number of hydrogen-bond donors (Lipinski definition) is 3. The van der Waals surface area contributed by atoms with Crippen molar-refractivity contribution in [2.75, 3.05) is 5.32 Å². The van der Waals surface area contributed by atoms with Crippen LogP contribution in [0.25, 0.3) is 0 Å². The Hall–Kier alpha value is -2.89. The van der Waals surface area contributed by atoms with Gasteiger partial charge in [-0.05, 0) is 69.4 Å². The van der Waals surface area contributed by atoms with Crippen LogP contribution in [0.1, 0.15) is 31.1 Å². The average Bonchev–Trinajstić information content (AvgIpc) is 2.60. The van der Waals surface area contributed by atoms with E-state index in [0.717, 1.165) is 0 Å². The van der Waals surface area contributed by atoms with E-state index < -0.39 is 26.4 Å². The van der Waals surface area contributed by atoms with E-state index in [2.05, 4.69) is 15.4 Å². The topological polar surface area (TPSA) is 130 Å². The molecule has 9 nitrogen and oxygen atoms in total. The minimum Gasteiger partial charge on any atom is -0.332 e. The van der Waals surface area contributed by atoms with Crippen molar-refractivity contribution in [1.29, 1.82) is 0 Å². The van der Waals surface area contributed by atoms with Gasteiger partial charge >= 0.3 is 0 Å². The molecule has 0 saturated heterocycles. The first kappa shape index (κ1) is 22.4. The minimum atomic E-state index is -3.66. The number of nitrogens with one attached hydrogen (secondary N) is 3. The molecule has 0 aromatic heterocycles. The van der Waals surface area contributed by atoms with E-state index >= 15 is 0 Å². The van der Waals surface area contributed by atoms with Crippen molar-refractivity contribution in [1.82, 2.24) is 10.0 Å². The van der Waals surface area contributed by atoms with Crippen molar-refractivity contribution in [3.05, 3.63) is 64.2 Å². The maximum atomic E-state index is 12.3. The fraction of sp³-hybridized carbons (Fsp3) is 0.222. The number of nitrogens with zero attached hydrogens (tertiary/aromatic N) is 1. The third kappa shape index (κ3) is 6.59. The maximum Gasteiger partial charge on any atom is 0.269 e. The van der Waals surface area contributed by atoms with Gasteiger partial charge in [0.1, 0.15) is 0 Å². The van der Waals surface area contributed by atoms with Gasteiger partial charge in [-0.2, -0.15) is 0 Å². The van der Waals surface area contributed by atoms with Crippen molar-refractivity contribution >= 4 is 44.6 Å². The number of benzene rings is 2. The first-order chi connectivity index (χ1) is 13.4. The third-order valence-electron chi connectivity index (χ3n) is 3.43. The highest BCUT2D eigenvalue weighted by atomic mass is 32.2. The summed E-state index contributed by atoms with van der Waals surface area (Å²) in [5, 5.41) is 15.9. The summed E-state index contributed by atoms with van der Waals surface area (Å²) in [5.41, 5.74) is -0.0548. The maximum absolute atomic E-state index is 12.3. The summed E-state index contributed by atoms with van der Waals surface area (Å²) >= 11 is 5.08. The zero-order valence-corrected chi connectivity index (χ0v) is 17.6. The van der Waals surface area contributed by atoms with Gasteiger partial charge in [-0.25, -0.2) is 13.1 Å². The molecule has 0 aliphatic rings. The molecule has 0 spiro atoms. The number of anilines is 1. The van der Waals surface area contributed by atoms with Crippen LogP contribution in [0.2, 0.25) is 0 Å². The fourth-order valence-electron chi connectivity index (χ4n) is 2.25. The number of thiocarbonyl (C=S) groups is 1. The van der Waals surface area contributed by atoms with Gasteiger partial charge in [0.25, 0.3) is 11.6 Å². The van der Waals surface area contributed by atoms with E-state index in [1.165, 1.54) is 48.5 Å². The molecule has 11 heteroatoms. The second-order valence-corrected chi connectivity index (χ2v) is 9.18. The zero-order valence-electron chi connectivity index (χ0n) is 15.9. The Morgan fingerprint density at radius 2 is 1.59 bits per heavy atom. The number of hydrogen-bond acceptors (Lipinski definition) is 6. The second kappa shape index (κ2) is 8.64. The van der Waals surface area contributed by atoms with E-state index in [9.17, 15) is 23.3 Å². The summed E-state index contributed by atoms with van der Waals surface area (Å²) in [6.45, 7) is 5.23. The van der Waals surface area contributed by atoms with Crippen molar-refractivity contribution in [2.45, 2.75) is 31.2 Å². The van der Waals surface area contributed by atoms with Gasteiger partial charge in [0.2, 0.25) is 10.0 Å². The number of non-ortho nitro benzene ring substituents is 1. The van der Waals surface area contributed by atoms with E-state index in [1.54, 1.807) is 20.8 Å². The van der Waals surface area contributed by atoms with Gasteiger partial charge in [-0.15, -0.1) is 0 Å². The molecular formula is C18H20N4O5S2. The molecule has 0 aliphatic heterocycles. The zero-order chi connectivity index (χ0) is 21.8. The van der Waals surface area contributed by atoms with Crippen LogP contribution in [0, 0.1) is 10.1 Å². The lowest BCUT2D eigenvalue weighted by Gasteiger charge is -2.20. The van der Waals surface area contributed by atoms with Crippen molar-refractivity contribution in [3.8, 4) is 0 Å². The van der Waals surface area contributed by atoms with Crippen LogP contribution in [0.15, 0.2) is 53.4 Å². The predicted molar refractivity (Wildman–Crippen MR) is 113 cm³/mol. The van der Waals surface area contributed by atoms with Crippen molar-refractivity contribution < 1.29 is 18.1 Å². The van der Waals surface area contributed by atoms with Crippen LogP contribution in [0.3, 0.4) is 0 Å². The van der Waals surface area contributed by atoms with Crippen molar-refractivity contribution in [3.63, 3.8) is 0 Å². The summed E-state index contributed by atoms with van der Waals surface area (Å²) in [4.78, 5) is 22.3. The molecule has 2 aromatic carbocycles. The molecule has 3 N–H and O–H groups in total. The molecule has 0 atom stereocenters. The molecule has 0 fully saturated rings. The van der Waals surface area contributed by atoms with Crippen LogP contribution in [0.5, 0.6) is 0 Å². The summed E-state index contributed by atoms with van der Waals surface area (Å²) in [5.74, 6) is -0.536. The summed E-state index contributed by atoms with van der Waals surface area (Å²) < 4.78 is 27.1. The smallest absolute Gasteiger partial charge is 0.269 e. The molecular weight excluding hydrogens is 416 g/mol. The predicted octanol–water partition coefficient (Wildman–Crippen LogP) is 2.80. The highest BCUT2D eigenvalue weighted by molar-refractivity contribution is 7.89. The van der Waals surface area contributed by atoms with E-state index in [0.29, 0.717) is 5.69 Å². The van der Waals surface area contributed by atoms with E-state index in [-0.39, 0.29) is 21.3 Å². The Bertz CT molecular complexity index is 1030. The molecule has 0 heterocycles. The van der Waals surface area contributed by atoms with Crippen molar-refractivity contribution in [2.24, 2.45) is 0 Å². The van der Waals surface area contributed by atoms with E-state index in [4.69, 9.17) is 12.2 Å². The largest absolute Gasteiger partial charge is 0.332 e. The highest BCUT2D eigenvalue weighted by Crippen LogP contribution is 2.16. The monoisotopic (exact) mass is 436 g/mol. The Morgan fingerprint density at radius 1 is 1.03 bits per heavy atom. The van der Waals surface area contributed by atoms with Crippen LogP contribution < -0.4 is 15.4 Å². The Kier molecular flexibility index (Phi) is 6.67. The van der Waals surface area contributed by atoms with Crippen LogP contribution >= 0.6 is 12.2 Å². The summed E-state index contributed by atoms with van der Waals surface area (Å²) in [6.07, 6.45) is 0. The number of nitro benzene ring substituents is 1. The Morgan fingerprint density at radius 3 is 2.07 bits per heavy atom. The van der Waals surface area contributed by atoms with Gasteiger partial charge in [-0.3, -0.25) is 20.2 Å². The molecule has 2 rings (SSSR count). The normalized spacial score (nSPS) is 11.6. The second-order valence-electron chi connectivity index (χ2n) is 7.09. The number of carbonyl (C=O) groups excluding carboxylic acids is 1. The van der Waals surface area contributed by atoms with Gasteiger partial charge < -0.3 is 5.32 Å². The molecule has 1 amide bonds. The highest BCUT2D eigenvalue weighted by Gasteiger charge is 2.21. The number of amides is 1. The SMILES string of the molecule is CC(C)(C)NS(=O)(=O)c1ccc(NC(=S)NC(=O)c2ccc([N+](=O)[O-])cc2)cc1. The van der Waals surface area contributed by atoms with Gasteiger partial charge in [0.15, 0.2) is 5.11 Å². The lowest BCUT2D eigenvalue weighted by molar-refractivity contribution is -0.384. The Balaban J connectivity index is 2.00. The molecule has 0 aliphatic carbocycles. The summed E-state index contributed by atoms with van der Waals surface area (Å²) in [7, 11) is -3.66. The minimum absolute atomic E-state index is 0.00298. The molecule has 0 unspecified atom stereocenters. The third-order valence-corrected chi connectivity index (χ3v) is 5.41. The lowest BCUT2D eigenvalue weighted by atomic mass is 10.1. The molecule has 29 heavy (non-hydrogen) atoms. The molecule has 0 radical (unpaired) electrons.